The third-order valence-corrected chi connectivity index (χ3v) is 5.15. The fraction of sp³-hybridized carbons (Fsp3) is 0.167. The molecule has 0 fully saturated rings. The van der Waals surface area contributed by atoms with Crippen LogP contribution in [0.1, 0.15) is 17.1 Å². The van der Waals surface area contributed by atoms with Gasteiger partial charge in [-0.15, -0.1) is 0 Å². The Morgan fingerprint density at radius 1 is 0.970 bits per heavy atom. The molecule has 168 valence electrons. The Morgan fingerprint density at radius 2 is 1.73 bits per heavy atom. The molecule has 3 heterocycles. The summed E-state index contributed by atoms with van der Waals surface area (Å²) in [6.07, 6.45) is -1.75. The molecular formula is C24H20F3N5O. The molecule has 1 aromatic carbocycles. The van der Waals surface area contributed by atoms with E-state index >= 15 is 0 Å². The molecule has 0 atom stereocenters. The lowest BCUT2D eigenvalue weighted by Gasteiger charge is -2.09. The van der Waals surface area contributed by atoms with Gasteiger partial charge in [0.25, 0.3) is 0 Å². The van der Waals surface area contributed by atoms with Crippen LogP contribution in [0.2, 0.25) is 0 Å². The Kier molecular flexibility index (Phi) is 5.95. The van der Waals surface area contributed by atoms with Crippen molar-refractivity contribution in [3.63, 3.8) is 0 Å². The van der Waals surface area contributed by atoms with Gasteiger partial charge in [0.15, 0.2) is 0 Å². The molecule has 0 spiro atoms. The summed E-state index contributed by atoms with van der Waals surface area (Å²) in [5, 5.41) is 7.07. The lowest BCUT2D eigenvalue weighted by Crippen LogP contribution is -2.20. The van der Waals surface area contributed by atoms with E-state index in [0.29, 0.717) is 28.3 Å². The number of rotatable bonds is 5. The largest absolute Gasteiger partial charge is 0.433 e. The first-order chi connectivity index (χ1) is 15.7. The van der Waals surface area contributed by atoms with Crippen LogP contribution < -0.4 is 5.32 Å². The average Bonchev–Trinajstić information content (AvgIpc) is 3.07. The first kappa shape index (κ1) is 22.2. The lowest BCUT2D eigenvalue weighted by atomic mass is 10.0. The molecule has 1 N–H and O–H groups in total. The van der Waals surface area contributed by atoms with E-state index in [-0.39, 0.29) is 12.5 Å². The Hall–Kier alpha value is -4.01. The number of amides is 1. The van der Waals surface area contributed by atoms with Crippen molar-refractivity contribution in [1.82, 2.24) is 19.7 Å². The third kappa shape index (κ3) is 4.92. The van der Waals surface area contributed by atoms with Crippen molar-refractivity contribution in [2.45, 2.75) is 26.6 Å². The van der Waals surface area contributed by atoms with Crippen molar-refractivity contribution in [2.75, 3.05) is 5.32 Å². The highest BCUT2D eigenvalue weighted by molar-refractivity contribution is 5.90. The van der Waals surface area contributed by atoms with E-state index in [0.717, 1.165) is 23.4 Å². The second kappa shape index (κ2) is 8.85. The SMILES string of the molecule is Cc1nn(CC(=O)Nc2ccc(-c3ccccc3)cn2)c(C)c1-c1ccnc(C(F)(F)F)c1. The zero-order chi connectivity index (χ0) is 23.6. The van der Waals surface area contributed by atoms with Crippen LogP contribution in [-0.2, 0) is 17.5 Å². The van der Waals surface area contributed by atoms with Crippen molar-refractivity contribution in [3.05, 3.63) is 84.1 Å². The molecule has 4 rings (SSSR count). The molecule has 0 aliphatic rings. The molecule has 1 amide bonds. The van der Waals surface area contributed by atoms with Gasteiger partial charge in [-0.1, -0.05) is 30.3 Å². The second-order valence-electron chi connectivity index (χ2n) is 7.48. The molecule has 0 bridgehead atoms. The minimum atomic E-state index is -4.54. The molecule has 33 heavy (non-hydrogen) atoms. The van der Waals surface area contributed by atoms with E-state index in [4.69, 9.17) is 0 Å². The number of pyridine rings is 2. The Labute approximate surface area is 188 Å². The number of halogens is 3. The number of aromatic nitrogens is 4. The van der Waals surface area contributed by atoms with Gasteiger partial charge >= 0.3 is 6.18 Å². The van der Waals surface area contributed by atoms with E-state index < -0.39 is 11.9 Å². The smallest absolute Gasteiger partial charge is 0.309 e. The summed E-state index contributed by atoms with van der Waals surface area (Å²) in [5.41, 5.74) is 2.95. The zero-order valence-corrected chi connectivity index (χ0v) is 17.9. The summed E-state index contributed by atoms with van der Waals surface area (Å²) in [6, 6.07) is 15.8. The summed E-state index contributed by atoms with van der Waals surface area (Å²) in [6.45, 7) is 3.30. The molecular weight excluding hydrogens is 431 g/mol. The quantitative estimate of drug-likeness (QED) is 0.448. The average molecular weight is 451 g/mol. The van der Waals surface area contributed by atoms with Crippen molar-refractivity contribution in [1.29, 1.82) is 0 Å². The van der Waals surface area contributed by atoms with E-state index in [1.54, 1.807) is 26.1 Å². The van der Waals surface area contributed by atoms with Crippen LogP contribution in [0.5, 0.6) is 0 Å². The number of anilines is 1. The molecule has 0 saturated carbocycles. The van der Waals surface area contributed by atoms with Crippen molar-refractivity contribution in [3.8, 4) is 22.3 Å². The fourth-order valence-electron chi connectivity index (χ4n) is 3.60. The van der Waals surface area contributed by atoms with E-state index in [2.05, 4.69) is 20.4 Å². The Bertz CT molecular complexity index is 1280. The molecule has 9 heteroatoms. The maximum Gasteiger partial charge on any atom is 0.433 e. The maximum absolute atomic E-state index is 13.0. The van der Waals surface area contributed by atoms with Crippen molar-refractivity contribution in [2.24, 2.45) is 0 Å². The van der Waals surface area contributed by atoms with Gasteiger partial charge in [-0.25, -0.2) is 4.98 Å². The van der Waals surface area contributed by atoms with Crippen molar-refractivity contribution < 1.29 is 18.0 Å². The third-order valence-electron chi connectivity index (χ3n) is 5.15. The summed E-state index contributed by atoms with van der Waals surface area (Å²) < 4.78 is 40.6. The summed E-state index contributed by atoms with van der Waals surface area (Å²) in [7, 11) is 0. The normalized spacial score (nSPS) is 11.4. The highest BCUT2D eigenvalue weighted by Gasteiger charge is 2.33. The number of nitrogens with one attached hydrogen (secondary N) is 1. The van der Waals surface area contributed by atoms with Crippen LogP contribution in [-0.4, -0.2) is 25.7 Å². The van der Waals surface area contributed by atoms with Crippen LogP contribution in [0.15, 0.2) is 67.0 Å². The first-order valence-electron chi connectivity index (χ1n) is 10.1. The second-order valence-corrected chi connectivity index (χ2v) is 7.48. The van der Waals surface area contributed by atoms with E-state index in [1.807, 2.05) is 36.4 Å². The molecule has 3 aromatic heterocycles. The van der Waals surface area contributed by atoms with Gasteiger partial charge < -0.3 is 5.32 Å². The van der Waals surface area contributed by atoms with Crippen LogP contribution >= 0.6 is 0 Å². The molecule has 6 nitrogen and oxygen atoms in total. The van der Waals surface area contributed by atoms with Gasteiger partial charge in [0.05, 0.1) is 5.69 Å². The van der Waals surface area contributed by atoms with Gasteiger partial charge in [0, 0.05) is 29.2 Å². The lowest BCUT2D eigenvalue weighted by molar-refractivity contribution is -0.141. The minimum absolute atomic E-state index is 0.105. The van der Waals surface area contributed by atoms with Gasteiger partial charge in [-0.05, 0) is 49.2 Å². The van der Waals surface area contributed by atoms with Crippen LogP contribution in [0.25, 0.3) is 22.3 Å². The topological polar surface area (TPSA) is 72.7 Å². The zero-order valence-electron chi connectivity index (χ0n) is 17.9. The van der Waals surface area contributed by atoms with Gasteiger partial charge in [-0.3, -0.25) is 14.5 Å². The molecule has 0 unspecified atom stereocenters. The number of nitrogens with zero attached hydrogens (tertiary/aromatic N) is 4. The van der Waals surface area contributed by atoms with E-state index in [9.17, 15) is 18.0 Å². The first-order valence-corrected chi connectivity index (χ1v) is 10.1. The number of hydrogen-bond donors (Lipinski definition) is 1. The number of carbonyl (C=O) groups is 1. The molecule has 0 aliphatic carbocycles. The van der Waals surface area contributed by atoms with Gasteiger partial charge in [-0.2, -0.15) is 18.3 Å². The van der Waals surface area contributed by atoms with E-state index in [1.165, 1.54) is 10.7 Å². The molecule has 0 radical (unpaired) electrons. The highest BCUT2D eigenvalue weighted by atomic mass is 19.4. The number of alkyl halides is 3. The predicted octanol–water partition coefficient (Wildman–Crippen LogP) is 5.28. The van der Waals surface area contributed by atoms with Crippen LogP contribution in [0.3, 0.4) is 0 Å². The highest BCUT2D eigenvalue weighted by Crippen LogP contribution is 2.32. The number of aryl methyl sites for hydroxylation is 1. The van der Waals surface area contributed by atoms with Crippen molar-refractivity contribution >= 4 is 11.7 Å². The minimum Gasteiger partial charge on any atom is -0.309 e. The van der Waals surface area contributed by atoms with Gasteiger partial charge in [0.2, 0.25) is 5.91 Å². The van der Waals surface area contributed by atoms with Gasteiger partial charge in [0.1, 0.15) is 18.1 Å². The Morgan fingerprint density at radius 3 is 2.39 bits per heavy atom. The standard InChI is InChI=1S/C24H20F3N5O/c1-15-23(18-10-11-28-20(12-18)24(25,26)27)16(2)32(31-15)14-22(33)30-21-9-8-19(13-29-21)17-6-4-3-5-7-17/h3-13H,14H2,1-2H3,(H,29,30,33). The molecule has 0 saturated heterocycles. The Balaban J connectivity index is 1.49. The van der Waals surface area contributed by atoms with Crippen LogP contribution in [0, 0.1) is 13.8 Å². The summed E-state index contributed by atoms with van der Waals surface area (Å²) in [4.78, 5) is 20.2. The number of carbonyl (C=O) groups excluding carboxylic acids is 1. The maximum atomic E-state index is 13.0. The number of benzene rings is 1. The fourth-order valence-corrected chi connectivity index (χ4v) is 3.60. The molecule has 4 aromatic rings. The number of hydrogen-bond acceptors (Lipinski definition) is 4. The summed E-state index contributed by atoms with van der Waals surface area (Å²) in [5.74, 6) is 0.0446. The molecule has 0 aliphatic heterocycles. The monoisotopic (exact) mass is 451 g/mol. The van der Waals surface area contributed by atoms with Crippen LogP contribution in [0.4, 0.5) is 19.0 Å². The summed E-state index contributed by atoms with van der Waals surface area (Å²) >= 11 is 0. The predicted molar refractivity (Wildman–Crippen MR) is 118 cm³/mol.